The average Bonchev–Trinajstić information content (AvgIpc) is 2.84. The minimum atomic E-state index is -0.936. The molecule has 0 aliphatic rings. The molecule has 2 aromatic rings. The van der Waals surface area contributed by atoms with Crippen LogP contribution >= 0.6 is 11.3 Å². The Hall–Kier alpha value is -1.66. The second-order valence-corrected chi connectivity index (χ2v) is 4.25. The summed E-state index contributed by atoms with van der Waals surface area (Å²) in [6.45, 7) is 1.87. The number of rotatable bonds is 3. The molecule has 0 bridgehead atoms. The molecule has 0 spiro atoms. The van der Waals surface area contributed by atoms with Crippen molar-refractivity contribution in [3.63, 3.8) is 0 Å². The van der Waals surface area contributed by atoms with E-state index in [-0.39, 0.29) is 11.6 Å². The van der Waals surface area contributed by atoms with Gasteiger partial charge in [-0.3, -0.25) is 10.1 Å². The molecule has 84 valence electrons. The van der Waals surface area contributed by atoms with Crippen molar-refractivity contribution >= 4 is 17.2 Å². The highest BCUT2D eigenvalue weighted by molar-refractivity contribution is 7.10. The number of furan rings is 1. The van der Waals surface area contributed by atoms with Gasteiger partial charge >= 0.3 is 5.88 Å². The topological polar surface area (TPSA) is 76.5 Å². The van der Waals surface area contributed by atoms with E-state index in [4.69, 9.17) is 4.42 Å². The third-order valence-corrected chi connectivity index (χ3v) is 3.28. The second kappa shape index (κ2) is 4.07. The average molecular weight is 239 g/mol. The number of aliphatic hydroxyl groups is 1. The number of nitro groups is 1. The van der Waals surface area contributed by atoms with Crippen LogP contribution in [-0.2, 0) is 0 Å². The zero-order chi connectivity index (χ0) is 11.7. The van der Waals surface area contributed by atoms with Gasteiger partial charge in [0.05, 0.1) is 6.07 Å². The normalized spacial score (nSPS) is 12.6. The predicted octanol–water partition coefficient (Wildman–Crippen LogP) is 2.64. The van der Waals surface area contributed by atoms with Gasteiger partial charge in [0.25, 0.3) is 0 Å². The number of hydrogen-bond donors (Lipinski definition) is 1. The minimum absolute atomic E-state index is 0.192. The van der Waals surface area contributed by atoms with Gasteiger partial charge in [-0.15, -0.1) is 11.3 Å². The summed E-state index contributed by atoms with van der Waals surface area (Å²) in [5.41, 5.74) is 0.941. The molecule has 6 heteroatoms. The van der Waals surface area contributed by atoms with Crippen molar-refractivity contribution in [2.45, 2.75) is 13.0 Å². The highest BCUT2D eigenvalue weighted by atomic mass is 32.1. The molecule has 2 heterocycles. The van der Waals surface area contributed by atoms with Crippen LogP contribution in [0.4, 0.5) is 5.88 Å². The van der Waals surface area contributed by atoms with Crippen LogP contribution in [0, 0.1) is 17.0 Å². The number of thiophene rings is 1. The van der Waals surface area contributed by atoms with E-state index in [0.717, 1.165) is 10.4 Å². The van der Waals surface area contributed by atoms with Crippen molar-refractivity contribution < 1.29 is 14.4 Å². The summed E-state index contributed by atoms with van der Waals surface area (Å²) in [6.07, 6.45) is -0.936. The Kier molecular flexibility index (Phi) is 2.76. The molecule has 1 N–H and O–H groups in total. The lowest BCUT2D eigenvalue weighted by atomic mass is 10.2. The molecular formula is C10H9NO4S. The Balaban J connectivity index is 2.31. The van der Waals surface area contributed by atoms with Gasteiger partial charge in [-0.05, 0) is 30.0 Å². The van der Waals surface area contributed by atoms with Gasteiger partial charge < -0.3 is 9.52 Å². The van der Waals surface area contributed by atoms with Crippen molar-refractivity contribution in [2.24, 2.45) is 0 Å². The summed E-state index contributed by atoms with van der Waals surface area (Å²) in [5, 5.41) is 22.2. The Morgan fingerprint density at radius 2 is 2.25 bits per heavy atom. The number of aryl methyl sites for hydroxylation is 1. The molecule has 16 heavy (non-hydrogen) atoms. The molecule has 2 rings (SSSR count). The maximum absolute atomic E-state index is 10.4. The van der Waals surface area contributed by atoms with Gasteiger partial charge in [-0.2, -0.15) is 0 Å². The van der Waals surface area contributed by atoms with E-state index in [1.165, 1.54) is 23.5 Å². The lowest BCUT2D eigenvalue weighted by molar-refractivity contribution is -0.402. The number of aliphatic hydroxyl groups excluding tert-OH is 1. The molecule has 2 aromatic heterocycles. The molecule has 0 radical (unpaired) electrons. The van der Waals surface area contributed by atoms with Crippen LogP contribution in [0.5, 0.6) is 0 Å². The summed E-state index contributed by atoms with van der Waals surface area (Å²) in [5.74, 6) is -0.166. The highest BCUT2D eigenvalue weighted by Gasteiger charge is 2.21. The SMILES string of the molecule is Cc1ccsc1C(O)c1ccc([N+](=O)[O-])o1. The van der Waals surface area contributed by atoms with Gasteiger partial charge in [0.15, 0.2) is 0 Å². The van der Waals surface area contributed by atoms with E-state index in [9.17, 15) is 15.2 Å². The molecule has 5 nitrogen and oxygen atoms in total. The van der Waals surface area contributed by atoms with E-state index in [1.807, 2.05) is 18.4 Å². The fourth-order valence-electron chi connectivity index (χ4n) is 1.38. The zero-order valence-electron chi connectivity index (χ0n) is 8.41. The second-order valence-electron chi connectivity index (χ2n) is 3.30. The van der Waals surface area contributed by atoms with Crippen LogP contribution in [0.2, 0.25) is 0 Å². The van der Waals surface area contributed by atoms with E-state index in [0.29, 0.717) is 0 Å². The van der Waals surface area contributed by atoms with Gasteiger partial charge in [0, 0.05) is 4.88 Å². The lowest BCUT2D eigenvalue weighted by Gasteiger charge is -2.05. The van der Waals surface area contributed by atoms with Crippen molar-refractivity contribution in [1.29, 1.82) is 0 Å². The summed E-state index contributed by atoms with van der Waals surface area (Å²) in [4.78, 5) is 10.5. The zero-order valence-corrected chi connectivity index (χ0v) is 9.23. The minimum Gasteiger partial charge on any atom is -0.403 e. The highest BCUT2D eigenvalue weighted by Crippen LogP contribution is 2.31. The van der Waals surface area contributed by atoms with E-state index < -0.39 is 11.0 Å². The standard InChI is InChI=1S/C10H9NO4S/c1-6-4-5-16-10(6)9(12)7-2-3-8(15-7)11(13)14/h2-5,9,12H,1H3. The molecule has 0 saturated heterocycles. The number of hydrogen-bond acceptors (Lipinski definition) is 5. The molecule has 0 fully saturated rings. The summed E-state index contributed by atoms with van der Waals surface area (Å²) in [7, 11) is 0. The van der Waals surface area contributed by atoms with Gasteiger partial charge in [-0.1, -0.05) is 0 Å². The molecule has 1 atom stereocenters. The van der Waals surface area contributed by atoms with Crippen LogP contribution in [-0.4, -0.2) is 10.0 Å². The molecule has 1 unspecified atom stereocenters. The van der Waals surface area contributed by atoms with Crippen LogP contribution in [0.25, 0.3) is 0 Å². The first kappa shape index (κ1) is 10.8. The van der Waals surface area contributed by atoms with Crippen molar-refractivity contribution in [3.05, 3.63) is 49.9 Å². The van der Waals surface area contributed by atoms with E-state index >= 15 is 0 Å². The third kappa shape index (κ3) is 1.84. The van der Waals surface area contributed by atoms with Crippen LogP contribution in [0.3, 0.4) is 0 Å². The summed E-state index contributed by atoms with van der Waals surface area (Å²) in [6, 6.07) is 4.53. The lowest BCUT2D eigenvalue weighted by Crippen LogP contribution is -1.96. The quantitative estimate of drug-likeness (QED) is 0.659. The Morgan fingerprint density at radius 1 is 1.50 bits per heavy atom. The largest absolute Gasteiger partial charge is 0.433 e. The molecule has 0 amide bonds. The van der Waals surface area contributed by atoms with Crippen LogP contribution in [0.1, 0.15) is 22.3 Å². The summed E-state index contributed by atoms with van der Waals surface area (Å²) >= 11 is 1.39. The first-order chi connectivity index (χ1) is 7.59. The first-order valence-electron chi connectivity index (χ1n) is 4.56. The predicted molar refractivity (Wildman–Crippen MR) is 58.5 cm³/mol. The monoisotopic (exact) mass is 239 g/mol. The molecule has 0 saturated carbocycles. The fourth-order valence-corrected chi connectivity index (χ4v) is 2.30. The van der Waals surface area contributed by atoms with E-state index in [2.05, 4.69) is 0 Å². The Morgan fingerprint density at radius 3 is 2.75 bits per heavy atom. The van der Waals surface area contributed by atoms with E-state index in [1.54, 1.807) is 0 Å². The third-order valence-electron chi connectivity index (χ3n) is 2.21. The van der Waals surface area contributed by atoms with Crippen molar-refractivity contribution in [3.8, 4) is 0 Å². The smallest absolute Gasteiger partial charge is 0.403 e. The maximum atomic E-state index is 10.4. The molecule has 0 aliphatic heterocycles. The van der Waals surface area contributed by atoms with Gasteiger partial charge in [0.1, 0.15) is 16.8 Å². The fraction of sp³-hybridized carbons (Fsp3) is 0.200. The molecule has 0 aliphatic carbocycles. The van der Waals surface area contributed by atoms with Crippen LogP contribution in [0.15, 0.2) is 28.0 Å². The molecular weight excluding hydrogens is 230 g/mol. The van der Waals surface area contributed by atoms with Crippen LogP contribution < -0.4 is 0 Å². The molecule has 0 aromatic carbocycles. The van der Waals surface area contributed by atoms with Crippen molar-refractivity contribution in [2.75, 3.05) is 0 Å². The maximum Gasteiger partial charge on any atom is 0.433 e. The number of nitrogens with zero attached hydrogens (tertiary/aromatic N) is 1. The van der Waals surface area contributed by atoms with Gasteiger partial charge in [0.2, 0.25) is 0 Å². The van der Waals surface area contributed by atoms with Crippen molar-refractivity contribution in [1.82, 2.24) is 0 Å². The Labute approximate surface area is 95.1 Å². The first-order valence-corrected chi connectivity index (χ1v) is 5.43. The van der Waals surface area contributed by atoms with Gasteiger partial charge in [-0.25, -0.2) is 0 Å². The summed E-state index contributed by atoms with van der Waals surface area (Å²) < 4.78 is 4.94. The Bertz CT molecular complexity index is 516.